The van der Waals surface area contributed by atoms with Crippen molar-refractivity contribution >= 4 is 17.4 Å². The van der Waals surface area contributed by atoms with E-state index >= 15 is 0 Å². The molecule has 1 N–H and O–H groups in total. The predicted molar refractivity (Wildman–Crippen MR) is 67.3 cm³/mol. The summed E-state index contributed by atoms with van der Waals surface area (Å²) in [7, 11) is 0. The van der Waals surface area contributed by atoms with Gasteiger partial charge in [0.05, 0.1) is 6.20 Å². The molecule has 0 saturated carbocycles. The van der Waals surface area contributed by atoms with Crippen LogP contribution in [0.5, 0.6) is 0 Å². The number of pyridine rings is 2. The number of nitrogens with zero attached hydrogens (tertiary/aromatic N) is 3. The van der Waals surface area contributed by atoms with Gasteiger partial charge < -0.3 is 9.72 Å². The fraction of sp³-hybridized carbons (Fsp3) is 0. The molecule has 3 aromatic rings. The Morgan fingerprint density at radius 2 is 1.90 bits per heavy atom. The van der Waals surface area contributed by atoms with Gasteiger partial charge in [-0.15, -0.1) is 0 Å². The van der Waals surface area contributed by atoms with Crippen LogP contribution in [0.25, 0.3) is 5.65 Å². The summed E-state index contributed by atoms with van der Waals surface area (Å²) in [5.41, 5.74) is 0.561. The Morgan fingerprint density at radius 3 is 2.65 bits per heavy atom. The van der Waals surface area contributed by atoms with Crippen molar-refractivity contribution < 1.29 is 13.6 Å². The van der Waals surface area contributed by atoms with Gasteiger partial charge in [-0.1, -0.05) is 0 Å². The highest BCUT2D eigenvalue weighted by Crippen LogP contribution is 2.09. The predicted octanol–water partition coefficient (Wildman–Crippen LogP) is 2.26. The van der Waals surface area contributed by atoms with Gasteiger partial charge in [0.2, 0.25) is 0 Å². The van der Waals surface area contributed by atoms with Gasteiger partial charge in [-0.05, 0) is 24.3 Å². The molecular weight excluding hydrogens is 266 g/mol. The fourth-order valence-electron chi connectivity index (χ4n) is 1.70. The minimum atomic E-state index is -0.506. The summed E-state index contributed by atoms with van der Waals surface area (Å²) in [6, 6.07) is 5.23. The van der Waals surface area contributed by atoms with Gasteiger partial charge >= 0.3 is 0 Å². The maximum Gasteiger partial charge on any atom is 0.277 e. The molecule has 3 aromatic heterocycles. The van der Waals surface area contributed by atoms with Crippen LogP contribution in [0.3, 0.4) is 0 Å². The SMILES string of the molecule is O=C(Nc1ccc(F)cn1)c1cn2cc(F)ccc2n1. The summed E-state index contributed by atoms with van der Waals surface area (Å²) in [6.45, 7) is 0. The molecular formula is C13H8F2N4O. The topological polar surface area (TPSA) is 59.3 Å². The minimum absolute atomic E-state index is 0.113. The molecule has 5 nitrogen and oxygen atoms in total. The van der Waals surface area contributed by atoms with Crippen molar-refractivity contribution in [2.75, 3.05) is 5.32 Å². The summed E-state index contributed by atoms with van der Waals surface area (Å²) in [4.78, 5) is 19.7. The van der Waals surface area contributed by atoms with E-state index in [9.17, 15) is 13.6 Å². The highest BCUT2D eigenvalue weighted by molar-refractivity contribution is 6.02. The zero-order valence-electron chi connectivity index (χ0n) is 10.0. The van der Waals surface area contributed by atoms with Crippen molar-refractivity contribution in [2.45, 2.75) is 0 Å². The minimum Gasteiger partial charge on any atom is -0.305 e. The maximum atomic E-state index is 13.0. The van der Waals surface area contributed by atoms with Gasteiger partial charge in [0.1, 0.15) is 28.8 Å². The van der Waals surface area contributed by atoms with E-state index < -0.39 is 17.5 Å². The molecule has 0 unspecified atom stereocenters. The summed E-state index contributed by atoms with van der Waals surface area (Å²) in [6.07, 6.45) is 3.61. The average molecular weight is 274 g/mol. The van der Waals surface area contributed by atoms with E-state index in [4.69, 9.17) is 0 Å². The highest BCUT2D eigenvalue weighted by atomic mass is 19.1. The van der Waals surface area contributed by atoms with Gasteiger partial charge in [0.25, 0.3) is 5.91 Å². The lowest BCUT2D eigenvalue weighted by Crippen LogP contribution is -2.13. The van der Waals surface area contributed by atoms with Crippen molar-refractivity contribution in [1.29, 1.82) is 0 Å². The highest BCUT2D eigenvalue weighted by Gasteiger charge is 2.11. The third kappa shape index (κ3) is 2.33. The Kier molecular flexibility index (Phi) is 2.86. The Morgan fingerprint density at radius 1 is 1.10 bits per heavy atom. The monoisotopic (exact) mass is 274 g/mol. The molecule has 0 fully saturated rings. The Bertz CT molecular complexity index is 783. The lowest BCUT2D eigenvalue weighted by Gasteiger charge is -2.00. The summed E-state index contributed by atoms with van der Waals surface area (Å²) in [5.74, 6) is -1.22. The van der Waals surface area contributed by atoms with Gasteiger partial charge in [-0.25, -0.2) is 18.7 Å². The van der Waals surface area contributed by atoms with Crippen LogP contribution in [-0.4, -0.2) is 20.3 Å². The van der Waals surface area contributed by atoms with E-state index in [-0.39, 0.29) is 11.5 Å². The van der Waals surface area contributed by atoms with Crippen LogP contribution >= 0.6 is 0 Å². The van der Waals surface area contributed by atoms with Crippen molar-refractivity contribution in [1.82, 2.24) is 14.4 Å². The number of imidazole rings is 1. The van der Waals surface area contributed by atoms with E-state index in [1.54, 1.807) is 0 Å². The second-order valence-electron chi connectivity index (χ2n) is 4.05. The summed E-state index contributed by atoms with van der Waals surface area (Å²) < 4.78 is 27.1. The molecule has 3 heterocycles. The molecule has 0 radical (unpaired) electrons. The molecule has 0 atom stereocenters. The van der Waals surface area contributed by atoms with Gasteiger partial charge in [0.15, 0.2) is 0 Å². The molecule has 1 amide bonds. The molecule has 0 bridgehead atoms. The van der Waals surface area contributed by atoms with Crippen LogP contribution in [0, 0.1) is 11.6 Å². The van der Waals surface area contributed by atoms with E-state index in [0.717, 1.165) is 6.20 Å². The van der Waals surface area contributed by atoms with Crippen molar-refractivity contribution in [2.24, 2.45) is 0 Å². The molecule has 7 heteroatoms. The third-order valence-electron chi connectivity index (χ3n) is 2.62. The molecule has 0 spiro atoms. The van der Waals surface area contributed by atoms with E-state index in [2.05, 4.69) is 15.3 Å². The molecule has 0 saturated heterocycles. The van der Waals surface area contributed by atoms with Crippen LogP contribution in [0.15, 0.2) is 42.9 Å². The number of carbonyl (C=O) groups excluding carboxylic acids is 1. The quantitative estimate of drug-likeness (QED) is 0.779. The average Bonchev–Trinajstić information content (AvgIpc) is 2.84. The first-order valence-electron chi connectivity index (χ1n) is 5.69. The summed E-state index contributed by atoms with van der Waals surface area (Å²) >= 11 is 0. The van der Waals surface area contributed by atoms with Gasteiger partial charge in [0, 0.05) is 12.4 Å². The molecule has 0 aromatic carbocycles. The van der Waals surface area contributed by atoms with Crippen LogP contribution < -0.4 is 5.32 Å². The Hall–Kier alpha value is -2.83. The number of carbonyl (C=O) groups is 1. The second kappa shape index (κ2) is 4.69. The maximum absolute atomic E-state index is 13.0. The Labute approximate surface area is 111 Å². The van der Waals surface area contributed by atoms with E-state index in [1.165, 1.54) is 41.1 Å². The smallest absolute Gasteiger partial charge is 0.277 e. The van der Waals surface area contributed by atoms with Crippen LogP contribution in [-0.2, 0) is 0 Å². The first kappa shape index (κ1) is 12.2. The van der Waals surface area contributed by atoms with E-state index in [1.807, 2.05) is 0 Å². The molecule has 0 aliphatic carbocycles. The van der Waals surface area contributed by atoms with Crippen LogP contribution in [0.2, 0.25) is 0 Å². The zero-order valence-corrected chi connectivity index (χ0v) is 10.0. The van der Waals surface area contributed by atoms with Crippen LogP contribution in [0.1, 0.15) is 10.5 Å². The molecule has 20 heavy (non-hydrogen) atoms. The molecule has 0 aliphatic rings. The first-order valence-corrected chi connectivity index (χ1v) is 5.69. The van der Waals surface area contributed by atoms with Crippen molar-refractivity contribution in [3.05, 3.63) is 60.2 Å². The number of hydrogen-bond acceptors (Lipinski definition) is 3. The third-order valence-corrected chi connectivity index (χ3v) is 2.62. The molecule has 0 aliphatic heterocycles. The number of amides is 1. The normalized spacial score (nSPS) is 10.7. The number of nitrogens with one attached hydrogen (secondary N) is 1. The number of anilines is 1. The number of fused-ring (bicyclic) bond motifs is 1. The largest absolute Gasteiger partial charge is 0.305 e. The zero-order chi connectivity index (χ0) is 14.1. The van der Waals surface area contributed by atoms with E-state index in [0.29, 0.717) is 5.65 Å². The fourth-order valence-corrected chi connectivity index (χ4v) is 1.70. The lowest BCUT2D eigenvalue weighted by atomic mass is 10.4. The van der Waals surface area contributed by atoms with Crippen molar-refractivity contribution in [3.63, 3.8) is 0 Å². The molecule has 100 valence electrons. The number of rotatable bonds is 2. The number of hydrogen-bond donors (Lipinski definition) is 1. The van der Waals surface area contributed by atoms with Gasteiger partial charge in [-0.2, -0.15) is 0 Å². The number of halogens is 2. The summed E-state index contributed by atoms with van der Waals surface area (Å²) in [5, 5.41) is 2.47. The first-order chi connectivity index (χ1) is 9.61. The molecule has 3 rings (SSSR count). The standard InChI is InChI=1S/C13H8F2N4O/c14-8-1-3-11(16-5-8)18-13(20)10-7-19-6-9(15)2-4-12(19)17-10/h1-7H,(H,16,18,20). The Balaban J connectivity index is 1.86. The number of aromatic nitrogens is 3. The second-order valence-corrected chi connectivity index (χ2v) is 4.05. The van der Waals surface area contributed by atoms with Gasteiger partial charge in [-0.3, -0.25) is 4.79 Å². The van der Waals surface area contributed by atoms with Crippen molar-refractivity contribution in [3.8, 4) is 0 Å². The lowest BCUT2D eigenvalue weighted by molar-refractivity contribution is 0.102. The van der Waals surface area contributed by atoms with Crippen LogP contribution in [0.4, 0.5) is 14.6 Å².